The van der Waals surface area contributed by atoms with Crippen LogP contribution in [0, 0.1) is 13.8 Å². The molecule has 35 heavy (non-hydrogen) atoms. The number of carbonyl (C=O) groups excluding carboxylic acids is 1. The van der Waals surface area contributed by atoms with Crippen LogP contribution in [0.15, 0.2) is 40.9 Å². The van der Waals surface area contributed by atoms with Crippen LogP contribution in [0.3, 0.4) is 0 Å². The van der Waals surface area contributed by atoms with Gasteiger partial charge in [-0.25, -0.2) is 9.67 Å². The van der Waals surface area contributed by atoms with Crippen molar-refractivity contribution in [2.75, 3.05) is 19.8 Å². The maximum Gasteiger partial charge on any atom is 0.255 e. The minimum Gasteiger partial charge on any atom is -0.486 e. The molecule has 0 unspecified atom stereocenters. The third-order valence-electron chi connectivity index (χ3n) is 6.28. The molecule has 0 N–H and O–H groups in total. The van der Waals surface area contributed by atoms with Crippen LogP contribution < -0.4 is 9.47 Å². The summed E-state index contributed by atoms with van der Waals surface area (Å²) in [7, 11) is 0. The van der Waals surface area contributed by atoms with Crippen molar-refractivity contribution < 1.29 is 18.7 Å². The largest absolute Gasteiger partial charge is 0.486 e. The van der Waals surface area contributed by atoms with E-state index >= 15 is 0 Å². The first-order valence-electron chi connectivity index (χ1n) is 12.0. The molecule has 3 aromatic heterocycles. The summed E-state index contributed by atoms with van der Waals surface area (Å²) in [4.78, 5) is 20.7. The lowest BCUT2D eigenvalue weighted by molar-refractivity contribution is 0.0751. The summed E-state index contributed by atoms with van der Waals surface area (Å²) >= 11 is 0. The first kappa shape index (κ1) is 23.0. The minimum absolute atomic E-state index is 0.0864. The van der Waals surface area contributed by atoms with Crippen molar-refractivity contribution in [2.45, 2.75) is 47.2 Å². The van der Waals surface area contributed by atoms with Gasteiger partial charge in [0.2, 0.25) is 0 Å². The van der Waals surface area contributed by atoms with Gasteiger partial charge in [-0.3, -0.25) is 4.79 Å². The number of carbonyl (C=O) groups is 1. The topological polar surface area (TPSA) is 82.6 Å². The van der Waals surface area contributed by atoms with Gasteiger partial charge in [-0.1, -0.05) is 12.1 Å². The van der Waals surface area contributed by atoms with E-state index in [1.165, 1.54) is 0 Å². The van der Waals surface area contributed by atoms with E-state index in [2.05, 4.69) is 18.9 Å². The first-order chi connectivity index (χ1) is 16.9. The lowest BCUT2D eigenvalue weighted by atomic mass is 10.1. The van der Waals surface area contributed by atoms with Gasteiger partial charge < -0.3 is 18.8 Å². The number of aromatic nitrogens is 3. The van der Waals surface area contributed by atoms with E-state index in [0.717, 1.165) is 33.8 Å². The predicted octanol–water partition coefficient (Wildman–Crippen LogP) is 5.32. The van der Waals surface area contributed by atoms with Crippen LogP contribution in [0.1, 0.15) is 54.3 Å². The van der Waals surface area contributed by atoms with E-state index in [1.807, 2.05) is 60.7 Å². The van der Waals surface area contributed by atoms with Crippen LogP contribution in [0.2, 0.25) is 0 Å². The third kappa shape index (κ3) is 4.13. The summed E-state index contributed by atoms with van der Waals surface area (Å²) in [6.45, 7) is 11.9. The Morgan fingerprint density at radius 1 is 1.17 bits per heavy atom. The molecule has 0 radical (unpaired) electrons. The second-order valence-electron chi connectivity index (χ2n) is 9.06. The van der Waals surface area contributed by atoms with Gasteiger partial charge >= 0.3 is 0 Å². The summed E-state index contributed by atoms with van der Waals surface area (Å²) in [5, 5.41) is 5.29. The van der Waals surface area contributed by atoms with Crippen molar-refractivity contribution in [1.29, 1.82) is 0 Å². The van der Waals surface area contributed by atoms with Gasteiger partial charge in [0.05, 0.1) is 22.8 Å². The van der Waals surface area contributed by atoms with Crippen molar-refractivity contribution in [3.05, 3.63) is 59.2 Å². The number of rotatable bonds is 6. The molecule has 0 fully saturated rings. The van der Waals surface area contributed by atoms with Crippen LogP contribution in [0.4, 0.5) is 0 Å². The summed E-state index contributed by atoms with van der Waals surface area (Å²) in [6, 6.07) is 9.72. The molecular formula is C27H30N4O4. The van der Waals surface area contributed by atoms with Crippen molar-refractivity contribution in [3.63, 3.8) is 0 Å². The van der Waals surface area contributed by atoms with Gasteiger partial charge in [-0.2, -0.15) is 5.10 Å². The first-order valence-corrected chi connectivity index (χ1v) is 12.0. The lowest BCUT2D eigenvalue weighted by Gasteiger charge is -2.25. The van der Waals surface area contributed by atoms with Crippen LogP contribution >= 0.6 is 0 Å². The molecule has 8 heteroatoms. The lowest BCUT2D eigenvalue weighted by Crippen LogP contribution is -2.31. The van der Waals surface area contributed by atoms with Crippen molar-refractivity contribution in [2.24, 2.45) is 0 Å². The van der Waals surface area contributed by atoms with E-state index in [4.69, 9.17) is 18.9 Å². The quantitative estimate of drug-likeness (QED) is 0.376. The number of fused-ring (bicyclic) bond motifs is 2. The fraction of sp³-hybridized carbons (Fsp3) is 0.370. The maximum atomic E-state index is 14.0. The van der Waals surface area contributed by atoms with Crippen LogP contribution in [0.25, 0.3) is 22.3 Å². The average molecular weight is 475 g/mol. The zero-order valence-electron chi connectivity index (χ0n) is 20.8. The molecule has 4 aromatic rings. The summed E-state index contributed by atoms with van der Waals surface area (Å²) in [6.07, 6.45) is 1.74. The molecule has 5 rings (SSSR count). The summed E-state index contributed by atoms with van der Waals surface area (Å²) < 4.78 is 19.2. The van der Waals surface area contributed by atoms with E-state index in [0.29, 0.717) is 49.0 Å². The minimum atomic E-state index is -0.0864. The highest BCUT2D eigenvalue weighted by atomic mass is 16.6. The number of aryl methyl sites for hydroxylation is 2. The Labute approximate surface area is 204 Å². The Kier molecular flexibility index (Phi) is 5.96. The number of pyridine rings is 1. The second kappa shape index (κ2) is 9.09. The molecule has 0 bridgehead atoms. The van der Waals surface area contributed by atoms with Gasteiger partial charge in [-0.15, -0.1) is 0 Å². The van der Waals surface area contributed by atoms with Crippen molar-refractivity contribution in [3.8, 4) is 22.8 Å². The summed E-state index contributed by atoms with van der Waals surface area (Å²) in [5.41, 5.74) is 3.74. The second-order valence-corrected chi connectivity index (χ2v) is 9.06. The van der Waals surface area contributed by atoms with Crippen LogP contribution in [-0.2, 0) is 6.54 Å². The Balaban J connectivity index is 1.59. The SMILES string of the molecule is CCN(Cc1cccc2c1OCCO2)C(=O)c1cc(-c2cc(C)oc2C)nc2c1cnn2C(C)C. The normalized spacial score (nSPS) is 13.0. The Hall–Kier alpha value is -3.81. The molecular weight excluding hydrogens is 444 g/mol. The molecule has 1 aromatic carbocycles. The van der Waals surface area contributed by atoms with Gasteiger partial charge in [0.15, 0.2) is 17.1 Å². The molecule has 0 saturated carbocycles. The fourth-order valence-corrected chi connectivity index (χ4v) is 4.56. The predicted molar refractivity (Wildman–Crippen MR) is 133 cm³/mol. The van der Waals surface area contributed by atoms with E-state index in [1.54, 1.807) is 6.20 Å². The molecule has 4 heterocycles. The monoisotopic (exact) mass is 474 g/mol. The number of ether oxygens (including phenoxy) is 2. The average Bonchev–Trinajstić information content (AvgIpc) is 3.43. The number of para-hydroxylation sites is 1. The van der Waals surface area contributed by atoms with Crippen LogP contribution in [-0.4, -0.2) is 45.3 Å². The number of hydrogen-bond donors (Lipinski definition) is 0. The molecule has 0 spiro atoms. The molecule has 0 saturated heterocycles. The summed E-state index contributed by atoms with van der Waals surface area (Å²) in [5.74, 6) is 2.91. The van der Waals surface area contributed by atoms with Crippen molar-refractivity contribution >= 4 is 16.9 Å². The Bertz CT molecular complexity index is 1400. The van der Waals surface area contributed by atoms with E-state index < -0.39 is 0 Å². The third-order valence-corrected chi connectivity index (χ3v) is 6.28. The number of amides is 1. The molecule has 182 valence electrons. The Morgan fingerprint density at radius 2 is 1.97 bits per heavy atom. The van der Waals surface area contributed by atoms with E-state index in [9.17, 15) is 4.79 Å². The van der Waals surface area contributed by atoms with Crippen LogP contribution in [0.5, 0.6) is 11.5 Å². The Morgan fingerprint density at radius 3 is 2.69 bits per heavy atom. The highest BCUT2D eigenvalue weighted by molar-refractivity contribution is 6.06. The molecule has 0 aliphatic carbocycles. The standard InChI is InChI=1S/C27H30N4O4/c1-6-30(15-19-8-7-9-24-25(19)34-11-10-33-24)27(32)21-13-23(20-12-17(4)35-18(20)5)29-26-22(21)14-28-31(26)16(2)3/h7-9,12-14,16H,6,10-11,15H2,1-5H3. The molecule has 1 amide bonds. The van der Waals surface area contributed by atoms with Gasteiger partial charge in [0.1, 0.15) is 24.7 Å². The molecule has 1 aliphatic rings. The zero-order valence-corrected chi connectivity index (χ0v) is 20.8. The zero-order chi connectivity index (χ0) is 24.7. The maximum absolute atomic E-state index is 14.0. The molecule has 0 atom stereocenters. The highest BCUT2D eigenvalue weighted by Crippen LogP contribution is 2.35. The number of nitrogens with zero attached hydrogens (tertiary/aromatic N) is 4. The number of furan rings is 1. The fourth-order valence-electron chi connectivity index (χ4n) is 4.56. The number of benzene rings is 1. The highest BCUT2D eigenvalue weighted by Gasteiger charge is 2.25. The van der Waals surface area contributed by atoms with Gasteiger partial charge in [0.25, 0.3) is 5.91 Å². The van der Waals surface area contributed by atoms with Gasteiger partial charge in [-0.05, 0) is 52.8 Å². The van der Waals surface area contributed by atoms with Gasteiger partial charge in [0, 0.05) is 30.3 Å². The van der Waals surface area contributed by atoms with Crippen molar-refractivity contribution in [1.82, 2.24) is 19.7 Å². The number of hydrogen-bond acceptors (Lipinski definition) is 6. The molecule has 8 nitrogen and oxygen atoms in total. The smallest absolute Gasteiger partial charge is 0.255 e. The van der Waals surface area contributed by atoms with E-state index in [-0.39, 0.29) is 11.9 Å². The molecule has 1 aliphatic heterocycles.